The maximum atomic E-state index is 12.3. The summed E-state index contributed by atoms with van der Waals surface area (Å²) in [6.07, 6.45) is 0.888. The van der Waals surface area contributed by atoms with Gasteiger partial charge in [-0.05, 0) is 25.0 Å². The smallest absolute Gasteiger partial charge is 0.262 e. The third-order valence-electron chi connectivity index (χ3n) is 3.40. The van der Waals surface area contributed by atoms with Gasteiger partial charge in [-0.25, -0.2) is 8.42 Å². The third-order valence-corrected chi connectivity index (χ3v) is 5.59. The van der Waals surface area contributed by atoms with Gasteiger partial charge in [-0.1, -0.05) is 43.5 Å². The van der Waals surface area contributed by atoms with Gasteiger partial charge < -0.3 is 5.32 Å². The molecule has 0 saturated carbocycles. The Morgan fingerprint density at radius 1 is 1.29 bits per heavy atom. The molecule has 0 bridgehead atoms. The molecule has 0 aliphatic carbocycles. The van der Waals surface area contributed by atoms with E-state index in [1.54, 1.807) is 0 Å². The first-order chi connectivity index (χ1) is 9.59. The van der Waals surface area contributed by atoms with Crippen molar-refractivity contribution in [1.29, 1.82) is 0 Å². The molecule has 118 valence electrons. The van der Waals surface area contributed by atoms with E-state index in [9.17, 15) is 13.2 Å². The predicted molar refractivity (Wildman–Crippen MR) is 85.9 cm³/mol. The van der Waals surface area contributed by atoms with Crippen LogP contribution in [0.3, 0.4) is 0 Å². The number of halogens is 3. The Kier molecular flexibility index (Phi) is 6.35. The standard InChI is InChI=1S/C13H16Cl3NO3S/c1-4-7(2)8(3)17-13(18)11-9(14)5-6-10(12(11)15)21(16,19)20/h5-8H,4H2,1-3H3,(H,17,18). The van der Waals surface area contributed by atoms with Crippen molar-refractivity contribution in [2.75, 3.05) is 0 Å². The van der Waals surface area contributed by atoms with Gasteiger partial charge in [0.15, 0.2) is 0 Å². The molecular formula is C13H16Cl3NO3S. The highest BCUT2D eigenvalue weighted by Crippen LogP contribution is 2.32. The fourth-order valence-corrected chi connectivity index (χ4v) is 3.60. The van der Waals surface area contributed by atoms with Crippen molar-refractivity contribution in [2.24, 2.45) is 5.92 Å². The van der Waals surface area contributed by atoms with Crippen molar-refractivity contribution >= 4 is 48.8 Å². The molecular weight excluding hydrogens is 357 g/mol. The van der Waals surface area contributed by atoms with E-state index >= 15 is 0 Å². The quantitative estimate of drug-likeness (QED) is 0.792. The number of nitrogens with one attached hydrogen (secondary N) is 1. The molecule has 1 aromatic rings. The summed E-state index contributed by atoms with van der Waals surface area (Å²) < 4.78 is 22.8. The van der Waals surface area contributed by atoms with Crippen LogP contribution >= 0.6 is 33.9 Å². The number of rotatable bonds is 5. The maximum absolute atomic E-state index is 12.3. The molecule has 0 saturated heterocycles. The molecule has 8 heteroatoms. The SMILES string of the molecule is CCC(C)C(C)NC(=O)c1c(Cl)ccc(S(=O)(=O)Cl)c1Cl. The number of hydrogen-bond acceptors (Lipinski definition) is 3. The summed E-state index contributed by atoms with van der Waals surface area (Å²) in [5, 5.41) is 2.56. The molecule has 2 unspecified atom stereocenters. The summed E-state index contributed by atoms with van der Waals surface area (Å²) in [6, 6.07) is 2.35. The molecule has 0 fully saturated rings. The van der Waals surface area contributed by atoms with Crippen LogP contribution in [0.2, 0.25) is 10.0 Å². The van der Waals surface area contributed by atoms with Gasteiger partial charge >= 0.3 is 0 Å². The molecule has 0 aliphatic heterocycles. The van der Waals surface area contributed by atoms with Gasteiger partial charge in [-0.2, -0.15) is 0 Å². The second-order valence-corrected chi connectivity index (χ2v) is 8.14. The van der Waals surface area contributed by atoms with Crippen LogP contribution in [0.1, 0.15) is 37.6 Å². The Morgan fingerprint density at radius 2 is 1.86 bits per heavy atom. The molecule has 2 atom stereocenters. The monoisotopic (exact) mass is 371 g/mol. The third kappa shape index (κ3) is 4.49. The van der Waals surface area contributed by atoms with Crippen molar-refractivity contribution < 1.29 is 13.2 Å². The molecule has 21 heavy (non-hydrogen) atoms. The highest BCUT2D eigenvalue weighted by molar-refractivity contribution is 8.13. The van der Waals surface area contributed by atoms with Crippen molar-refractivity contribution in [1.82, 2.24) is 5.32 Å². The van der Waals surface area contributed by atoms with Gasteiger partial charge in [-0.3, -0.25) is 4.79 Å². The van der Waals surface area contributed by atoms with Crippen LogP contribution in [0.25, 0.3) is 0 Å². The molecule has 4 nitrogen and oxygen atoms in total. The lowest BCUT2D eigenvalue weighted by atomic mass is 10.0. The highest BCUT2D eigenvalue weighted by atomic mass is 35.7. The van der Waals surface area contributed by atoms with Crippen molar-refractivity contribution in [3.05, 3.63) is 27.7 Å². The lowest BCUT2D eigenvalue weighted by molar-refractivity contribution is 0.0928. The Bertz CT molecular complexity index is 646. The van der Waals surface area contributed by atoms with Crippen LogP contribution in [0.15, 0.2) is 17.0 Å². The fourth-order valence-electron chi connectivity index (χ4n) is 1.70. The average Bonchev–Trinajstić information content (AvgIpc) is 2.35. The largest absolute Gasteiger partial charge is 0.349 e. The second-order valence-electron chi connectivity index (χ2n) is 4.82. The van der Waals surface area contributed by atoms with Crippen molar-refractivity contribution in [3.63, 3.8) is 0 Å². The minimum atomic E-state index is -4.05. The zero-order valence-electron chi connectivity index (χ0n) is 11.8. The van der Waals surface area contributed by atoms with Crippen LogP contribution in [-0.4, -0.2) is 20.4 Å². The summed E-state index contributed by atoms with van der Waals surface area (Å²) in [7, 11) is 1.23. The second kappa shape index (κ2) is 7.18. The Labute approximate surface area is 139 Å². The zero-order valence-corrected chi connectivity index (χ0v) is 14.9. The van der Waals surface area contributed by atoms with Crippen LogP contribution in [0.5, 0.6) is 0 Å². The number of amides is 1. The molecule has 0 spiro atoms. The van der Waals surface area contributed by atoms with E-state index in [4.69, 9.17) is 33.9 Å². The Hall–Kier alpha value is -0.490. The first-order valence-electron chi connectivity index (χ1n) is 6.33. The van der Waals surface area contributed by atoms with Crippen LogP contribution in [0.4, 0.5) is 0 Å². The summed E-state index contributed by atoms with van der Waals surface area (Å²) in [6.45, 7) is 5.86. The molecule has 0 heterocycles. The number of carbonyl (C=O) groups excluding carboxylic acids is 1. The van der Waals surface area contributed by atoms with Crippen LogP contribution in [-0.2, 0) is 9.05 Å². The number of carbonyl (C=O) groups is 1. The molecule has 0 aliphatic rings. The summed E-state index contributed by atoms with van der Waals surface area (Å²) in [5.41, 5.74) is -0.0878. The zero-order chi connectivity index (χ0) is 16.4. The highest BCUT2D eigenvalue weighted by Gasteiger charge is 2.25. The van der Waals surface area contributed by atoms with E-state index in [1.165, 1.54) is 12.1 Å². The summed E-state index contributed by atoms with van der Waals surface area (Å²) in [5.74, 6) is -0.272. The normalized spacial score (nSPS) is 14.6. The van der Waals surface area contributed by atoms with Crippen LogP contribution in [0, 0.1) is 5.92 Å². The molecule has 1 aromatic carbocycles. The van der Waals surface area contributed by atoms with Gasteiger partial charge in [0.25, 0.3) is 15.0 Å². The van der Waals surface area contributed by atoms with E-state index in [0.29, 0.717) is 0 Å². The molecule has 1 amide bonds. The van der Waals surface area contributed by atoms with E-state index in [-0.39, 0.29) is 32.5 Å². The molecule has 1 N–H and O–H groups in total. The molecule has 1 rings (SSSR count). The van der Waals surface area contributed by atoms with Gasteiger partial charge in [-0.15, -0.1) is 0 Å². The summed E-state index contributed by atoms with van der Waals surface area (Å²) >= 11 is 11.9. The topological polar surface area (TPSA) is 63.2 Å². The van der Waals surface area contributed by atoms with Crippen LogP contribution < -0.4 is 5.32 Å². The fraction of sp³-hybridized carbons (Fsp3) is 0.462. The van der Waals surface area contributed by atoms with Crippen molar-refractivity contribution in [2.45, 2.75) is 38.1 Å². The lowest BCUT2D eigenvalue weighted by Crippen LogP contribution is -2.37. The van der Waals surface area contributed by atoms with E-state index in [0.717, 1.165) is 6.42 Å². The van der Waals surface area contributed by atoms with E-state index in [2.05, 4.69) is 5.32 Å². The van der Waals surface area contributed by atoms with Crippen molar-refractivity contribution in [3.8, 4) is 0 Å². The first-order valence-corrected chi connectivity index (χ1v) is 9.39. The van der Waals surface area contributed by atoms with Gasteiger partial charge in [0.2, 0.25) is 0 Å². The summed E-state index contributed by atoms with van der Waals surface area (Å²) in [4.78, 5) is 11.9. The minimum Gasteiger partial charge on any atom is -0.349 e. The first kappa shape index (κ1) is 18.6. The lowest BCUT2D eigenvalue weighted by Gasteiger charge is -2.20. The Balaban J connectivity index is 3.22. The van der Waals surface area contributed by atoms with E-state index < -0.39 is 15.0 Å². The number of hydrogen-bond donors (Lipinski definition) is 1. The number of benzene rings is 1. The Morgan fingerprint density at radius 3 is 2.33 bits per heavy atom. The van der Waals surface area contributed by atoms with Gasteiger partial charge in [0.05, 0.1) is 15.6 Å². The van der Waals surface area contributed by atoms with E-state index in [1.807, 2.05) is 20.8 Å². The average molecular weight is 373 g/mol. The molecule has 0 radical (unpaired) electrons. The maximum Gasteiger partial charge on any atom is 0.262 e. The molecule has 0 aromatic heterocycles. The minimum absolute atomic E-state index is 0.0675. The van der Waals surface area contributed by atoms with Gasteiger partial charge in [0.1, 0.15) is 4.90 Å². The van der Waals surface area contributed by atoms with Gasteiger partial charge in [0, 0.05) is 16.7 Å². The predicted octanol–water partition coefficient (Wildman–Crippen LogP) is 4.09.